The van der Waals surface area contributed by atoms with Crippen LogP contribution in [0.15, 0.2) is 24.3 Å². The second kappa shape index (κ2) is 9.37. The number of carbonyl (C=O) groups excluding carboxylic acids is 2. The van der Waals surface area contributed by atoms with Gasteiger partial charge in [0.15, 0.2) is 0 Å². The molecule has 1 aliphatic carbocycles. The molecule has 3 amide bonds. The fourth-order valence-electron chi connectivity index (χ4n) is 5.04. The highest BCUT2D eigenvalue weighted by Gasteiger charge is 2.42. The Hall–Kier alpha value is -1.79. The normalized spacial score (nSPS) is 25.9. The number of carbonyl (C=O) groups is 2. The lowest BCUT2D eigenvalue weighted by atomic mass is 9.70. The van der Waals surface area contributed by atoms with Gasteiger partial charge < -0.3 is 20.6 Å². The van der Waals surface area contributed by atoms with Crippen LogP contribution in [0.4, 0.5) is 4.79 Å². The van der Waals surface area contributed by atoms with Gasteiger partial charge in [-0.1, -0.05) is 44.0 Å². The molecule has 0 spiro atoms. The van der Waals surface area contributed by atoms with Crippen molar-refractivity contribution in [1.82, 2.24) is 15.5 Å². The van der Waals surface area contributed by atoms with Gasteiger partial charge in [-0.25, -0.2) is 4.79 Å². The molecule has 3 unspecified atom stereocenters. The van der Waals surface area contributed by atoms with Crippen LogP contribution in [0.2, 0.25) is 5.02 Å². The summed E-state index contributed by atoms with van der Waals surface area (Å²) in [5.74, 6) is 0.336. The third-order valence-corrected chi connectivity index (χ3v) is 6.90. The number of nitrogens with zero attached hydrogens (tertiary/aromatic N) is 1. The Morgan fingerprint density at radius 2 is 1.87 bits per heavy atom. The van der Waals surface area contributed by atoms with Gasteiger partial charge in [0.25, 0.3) is 0 Å². The molecule has 3 N–H and O–H groups in total. The van der Waals surface area contributed by atoms with Crippen molar-refractivity contribution in [3.63, 3.8) is 0 Å². The molecular weight excluding hydrogens is 414 g/mol. The Balaban J connectivity index is 1.60. The number of urea groups is 1. The summed E-state index contributed by atoms with van der Waals surface area (Å²) in [6.07, 6.45) is 3.44. The highest BCUT2D eigenvalue weighted by atomic mass is 35.5. The van der Waals surface area contributed by atoms with Crippen molar-refractivity contribution in [2.24, 2.45) is 11.3 Å². The van der Waals surface area contributed by atoms with Gasteiger partial charge in [-0.2, -0.15) is 0 Å². The van der Waals surface area contributed by atoms with Crippen molar-refractivity contribution in [3.8, 4) is 0 Å². The van der Waals surface area contributed by atoms with Crippen LogP contribution >= 0.6 is 11.6 Å². The van der Waals surface area contributed by atoms with Gasteiger partial charge in [-0.3, -0.25) is 4.79 Å². The van der Waals surface area contributed by atoms with E-state index in [0.717, 1.165) is 37.3 Å². The van der Waals surface area contributed by atoms with Crippen molar-refractivity contribution < 1.29 is 14.7 Å². The summed E-state index contributed by atoms with van der Waals surface area (Å²) in [6, 6.07) is 7.56. The molecule has 3 rings (SSSR count). The van der Waals surface area contributed by atoms with Crippen LogP contribution in [-0.2, 0) is 4.79 Å². The van der Waals surface area contributed by atoms with Crippen LogP contribution < -0.4 is 10.6 Å². The number of hydrogen-bond donors (Lipinski definition) is 3. The van der Waals surface area contributed by atoms with Crippen molar-refractivity contribution in [2.45, 2.75) is 70.9 Å². The summed E-state index contributed by atoms with van der Waals surface area (Å²) in [5.41, 5.74) is 0.251. The first-order valence-corrected chi connectivity index (χ1v) is 11.6. The number of piperidine rings is 1. The number of nitrogens with one attached hydrogen (secondary N) is 2. The summed E-state index contributed by atoms with van der Waals surface area (Å²) in [4.78, 5) is 27.6. The summed E-state index contributed by atoms with van der Waals surface area (Å²) < 4.78 is 0. The Labute approximate surface area is 190 Å². The van der Waals surface area contributed by atoms with E-state index in [1.54, 1.807) is 13.8 Å². The van der Waals surface area contributed by atoms with Crippen LogP contribution in [0.1, 0.15) is 64.9 Å². The second-order valence-electron chi connectivity index (χ2n) is 10.4. The first-order chi connectivity index (χ1) is 14.5. The number of rotatable bonds is 5. The lowest BCUT2D eigenvalue weighted by Crippen LogP contribution is -2.53. The van der Waals surface area contributed by atoms with E-state index in [1.165, 1.54) is 5.56 Å². The quantitative estimate of drug-likeness (QED) is 0.637. The average molecular weight is 450 g/mol. The first kappa shape index (κ1) is 23.9. The van der Waals surface area contributed by atoms with Crippen molar-refractivity contribution >= 4 is 23.5 Å². The van der Waals surface area contributed by atoms with Crippen molar-refractivity contribution in [1.29, 1.82) is 0 Å². The predicted molar refractivity (Wildman–Crippen MR) is 123 cm³/mol. The molecule has 6 nitrogen and oxygen atoms in total. The van der Waals surface area contributed by atoms with Crippen molar-refractivity contribution in [3.05, 3.63) is 34.9 Å². The minimum Gasteiger partial charge on any atom is -0.389 e. The molecule has 1 aromatic rings. The minimum absolute atomic E-state index is 0.0483. The molecule has 3 atom stereocenters. The molecule has 7 heteroatoms. The van der Waals surface area contributed by atoms with Gasteiger partial charge in [0, 0.05) is 30.7 Å². The van der Waals surface area contributed by atoms with Gasteiger partial charge in [-0.15, -0.1) is 0 Å². The smallest absolute Gasteiger partial charge is 0.315 e. The zero-order chi connectivity index (χ0) is 22.8. The van der Waals surface area contributed by atoms with E-state index in [1.807, 2.05) is 17.0 Å². The SMILES string of the molecule is CC(C)(O)CNC(=O)NC1CCCC1C(=O)N1CCC(c2ccc(Cl)cc2)C(C)(C)C1. The topological polar surface area (TPSA) is 81.7 Å². The fraction of sp³-hybridized carbons (Fsp3) is 0.667. The number of aliphatic hydroxyl groups is 1. The largest absolute Gasteiger partial charge is 0.389 e. The molecule has 0 bridgehead atoms. The Morgan fingerprint density at radius 3 is 2.48 bits per heavy atom. The number of amides is 3. The molecule has 1 heterocycles. The lowest BCUT2D eigenvalue weighted by molar-refractivity contribution is -0.139. The molecule has 31 heavy (non-hydrogen) atoms. The highest BCUT2D eigenvalue weighted by molar-refractivity contribution is 6.30. The predicted octanol–water partition coefficient (Wildman–Crippen LogP) is 3.92. The maximum absolute atomic E-state index is 13.4. The van der Waals surface area contributed by atoms with E-state index >= 15 is 0 Å². The van der Waals surface area contributed by atoms with Gasteiger partial charge >= 0.3 is 6.03 Å². The van der Waals surface area contributed by atoms with Gasteiger partial charge in [0.2, 0.25) is 5.91 Å². The Morgan fingerprint density at radius 1 is 1.19 bits per heavy atom. The molecule has 1 aliphatic heterocycles. The second-order valence-corrected chi connectivity index (χ2v) is 10.9. The van der Waals surface area contributed by atoms with Crippen molar-refractivity contribution in [2.75, 3.05) is 19.6 Å². The Bertz CT molecular complexity index is 788. The third kappa shape index (κ3) is 6.13. The number of benzene rings is 1. The number of hydrogen-bond acceptors (Lipinski definition) is 3. The Kier molecular flexibility index (Phi) is 7.21. The summed E-state index contributed by atoms with van der Waals surface area (Å²) >= 11 is 6.05. The molecule has 2 aliphatic rings. The molecule has 1 aromatic carbocycles. The lowest BCUT2D eigenvalue weighted by Gasteiger charge is -2.45. The maximum atomic E-state index is 13.4. The summed E-state index contributed by atoms with van der Waals surface area (Å²) in [6.45, 7) is 9.32. The van der Waals surface area contributed by atoms with E-state index in [0.29, 0.717) is 12.5 Å². The number of likely N-dealkylation sites (tertiary alicyclic amines) is 1. The van der Waals surface area contributed by atoms with Crippen LogP contribution in [0.25, 0.3) is 0 Å². The molecule has 172 valence electrons. The standard InChI is InChI=1S/C24H36ClN3O3/c1-23(2)15-28(13-12-19(23)16-8-10-17(25)11-9-16)21(29)18-6-5-7-20(18)27-22(30)26-14-24(3,4)31/h8-11,18-20,31H,5-7,12-15H2,1-4H3,(H2,26,27,30). The summed E-state index contributed by atoms with van der Waals surface area (Å²) in [5, 5.41) is 16.2. The number of halogens is 1. The van der Waals surface area contributed by atoms with E-state index in [4.69, 9.17) is 11.6 Å². The van der Waals surface area contributed by atoms with E-state index in [9.17, 15) is 14.7 Å². The zero-order valence-electron chi connectivity index (χ0n) is 19.1. The minimum atomic E-state index is -0.970. The van der Waals surface area contributed by atoms with E-state index in [-0.39, 0.29) is 35.9 Å². The molecule has 0 aromatic heterocycles. The highest BCUT2D eigenvalue weighted by Crippen LogP contribution is 2.43. The van der Waals surface area contributed by atoms with Crippen LogP contribution in [0, 0.1) is 11.3 Å². The monoisotopic (exact) mass is 449 g/mol. The molecule has 2 fully saturated rings. The molecule has 1 saturated heterocycles. The molecule has 0 radical (unpaired) electrons. The third-order valence-electron chi connectivity index (χ3n) is 6.64. The van der Waals surface area contributed by atoms with Crippen LogP contribution in [0.5, 0.6) is 0 Å². The zero-order valence-corrected chi connectivity index (χ0v) is 19.8. The molecular formula is C24H36ClN3O3. The maximum Gasteiger partial charge on any atom is 0.315 e. The fourth-order valence-corrected chi connectivity index (χ4v) is 5.16. The van der Waals surface area contributed by atoms with Crippen LogP contribution in [-0.4, -0.2) is 53.2 Å². The van der Waals surface area contributed by atoms with E-state index in [2.05, 4.69) is 36.6 Å². The van der Waals surface area contributed by atoms with Gasteiger partial charge in [-0.05, 0) is 62.1 Å². The van der Waals surface area contributed by atoms with Crippen LogP contribution in [0.3, 0.4) is 0 Å². The summed E-state index contributed by atoms with van der Waals surface area (Å²) in [7, 11) is 0. The first-order valence-electron chi connectivity index (χ1n) is 11.3. The average Bonchev–Trinajstić information content (AvgIpc) is 3.13. The van der Waals surface area contributed by atoms with Gasteiger partial charge in [0.1, 0.15) is 0 Å². The van der Waals surface area contributed by atoms with Gasteiger partial charge in [0.05, 0.1) is 11.5 Å². The van der Waals surface area contributed by atoms with E-state index < -0.39 is 5.60 Å². The molecule has 1 saturated carbocycles.